The number of carbonyl (C=O) groups excluding carboxylic acids is 1. The molecule has 1 amide bonds. The first kappa shape index (κ1) is 15.5. The Bertz CT molecular complexity index is 251. The minimum absolute atomic E-state index is 0.166. The Morgan fingerprint density at radius 2 is 1.94 bits per heavy atom. The van der Waals surface area contributed by atoms with Crippen LogP contribution in [0.1, 0.15) is 65.2 Å². The predicted octanol–water partition coefficient (Wildman–Crippen LogP) is 2.87. The van der Waals surface area contributed by atoms with Gasteiger partial charge in [-0.2, -0.15) is 0 Å². The molecule has 3 nitrogen and oxygen atoms in total. The summed E-state index contributed by atoms with van der Waals surface area (Å²) in [6.45, 7) is 5.51. The van der Waals surface area contributed by atoms with Crippen LogP contribution < -0.4 is 5.32 Å². The van der Waals surface area contributed by atoms with E-state index in [4.69, 9.17) is 5.11 Å². The molecule has 1 saturated carbocycles. The second-order valence-electron chi connectivity index (χ2n) is 6.22. The Kier molecular flexibility index (Phi) is 6.69. The summed E-state index contributed by atoms with van der Waals surface area (Å²) in [7, 11) is 0. The lowest BCUT2D eigenvalue weighted by atomic mass is 9.68. The molecule has 3 heteroatoms. The number of aliphatic hydroxyl groups excluding tert-OH is 1. The monoisotopic (exact) mass is 255 g/mol. The average Bonchev–Trinajstić information content (AvgIpc) is 2.32. The molecule has 1 aliphatic rings. The lowest BCUT2D eigenvalue weighted by Crippen LogP contribution is -2.41. The highest BCUT2D eigenvalue weighted by atomic mass is 16.2. The van der Waals surface area contributed by atoms with E-state index in [-0.39, 0.29) is 23.8 Å². The van der Waals surface area contributed by atoms with E-state index in [1.165, 1.54) is 19.3 Å². The Balaban J connectivity index is 2.19. The highest BCUT2D eigenvalue weighted by Gasteiger charge is 2.36. The van der Waals surface area contributed by atoms with Crippen LogP contribution in [0.25, 0.3) is 0 Å². The van der Waals surface area contributed by atoms with Crippen LogP contribution in [0.4, 0.5) is 0 Å². The molecular formula is C15H29NO2. The van der Waals surface area contributed by atoms with E-state index < -0.39 is 0 Å². The van der Waals surface area contributed by atoms with Gasteiger partial charge in [0, 0.05) is 19.1 Å². The van der Waals surface area contributed by atoms with Crippen LogP contribution in [0.3, 0.4) is 0 Å². The maximum absolute atomic E-state index is 12.2. The molecule has 1 fully saturated rings. The number of rotatable bonds is 7. The van der Waals surface area contributed by atoms with Crippen molar-refractivity contribution in [1.29, 1.82) is 0 Å². The minimum Gasteiger partial charge on any atom is -0.396 e. The van der Waals surface area contributed by atoms with Gasteiger partial charge in [-0.3, -0.25) is 4.79 Å². The quantitative estimate of drug-likeness (QED) is 0.687. The number of hydrogen-bond donors (Lipinski definition) is 2. The summed E-state index contributed by atoms with van der Waals surface area (Å²) >= 11 is 0. The van der Waals surface area contributed by atoms with E-state index in [2.05, 4.69) is 19.2 Å². The van der Waals surface area contributed by atoms with Crippen molar-refractivity contribution >= 4 is 5.91 Å². The Hall–Kier alpha value is -0.570. The molecule has 1 atom stereocenters. The zero-order valence-corrected chi connectivity index (χ0v) is 12.0. The molecule has 0 aromatic rings. The number of nitrogens with one attached hydrogen (secondary N) is 1. The minimum atomic E-state index is 0.166. The molecule has 0 aromatic carbocycles. The molecule has 0 radical (unpaired) electrons. The Morgan fingerprint density at radius 1 is 1.22 bits per heavy atom. The van der Waals surface area contributed by atoms with E-state index in [1.54, 1.807) is 0 Å². The van der Waals surface area contributed by atoms with Gasteiger partial charge in [0.25, 0.3) is 0 Å². The van der Waals surface area contributed by atoms with E-state index in [1.807, 2.05) is 0 Å². The third kappa shape index (κ3) is 4.97. The van der Waals surface area contributed by atoms with Crippen LogP contribution in [0.2, 0.25) is 0 Å². The molecular weight excluding hydrogens is 226 g/mol. The molecule has 2 N–H and O–H groups in total. The van der Waals surface area contributed by atoms with Gasteiger partial charge in [-0.25, -0.2) is 0 Å². The highest BCUT2D eigenvalue weighted by molar-refractivity contribution is 5.79. The summed E-state index contributed by atoms with van der Waals surface area (Å²) in [6.07, 6.45) is 8.72. The summed E-state index contributed by atoms with van der Waals surface area (Å²) in [5, 5.41) is 11.8. The fraction of sp³-hybridized carbons (Fsp3) is 0.933. The average molecular weight is 255 g/mol. The molecule has 0 bridgehead atoms. The van der Waals surface area contributed by atoms with E-state index in [0.717, 1.165) is 38.6 Å². The van der Waals surface area contributed by atoms with Crippen molar-refractivity contribution in [1.82, 2.24) is 5.32 Å². The zero-order chi connectivity index (χ0) is 13.4. The second kappa shape index (κ2) is 7.78. The standard InChI is InChI=1S/C15H29NO2/c1-15(2)10-6-5-9-13(15)14(18)16-11-7-3-4-8-12-17/h13,17H,3-12H2,1-2H3,(H,16,18). The van der Waals surface area contributed by atoms with Gasteiger partial charge in [-0.05, 0) is 31.1 Å². The van der Waals surface area contributed by atoms with Crippen LogP contribution in [-0.4, -0.2) is 24.2 Å². The van der Waals surface area contributed by atoms with Gasteiger partial charge in [-0.1, -0.05) is 39.5 Å². The Morgan fingerprint density at radius 3 is 2.61 bits per heavy atom. The molecule has 1 rings (SSSR count). The number of carbonyl (C=O) groups is 1. The molecule has 0 aromatic heterocycles. The van der Waals surface area contributed by atoms with Gasteiger partial charge in [0.1, 0.15) is 0 Å². The zero-order valence-electron chi connectivity index (χ0n) is 12.0. The molecule has 1 aliphatic carbocycles. The van der Waals surface area contributed by atoms with Crippen molar-refractivity contribution in [3.63, 3.8) is 0 Å². The van der Waals surface area contributed by atoms with Gasteiger partial charge in [0.15, 0.2) is 0 Å². The van der Waals surface area contributed by atoms with Crippen LogP contribution in [0, 0.1) is 11.3 Å². The topological polar surface area (TPSA) is 49.3 Å². The first-order chi connectivity index (χ1) is 8.58. The van der Waals surface area contributed by atoms with Gasteiger partial charge >= 0.3 is 0 Å². The van der Waals surface area contributed by atoms with Crippen molar-refractivity contribution < 1.29 is 9.90 Å². The van der Waals surface area contributed by atoms with Crippen LogP contribution in [0.5, 0.6) is 0 Å². The fourth-order valence-electron chi connectivity index (χ4n) is 2.91. The van der Waals surface area contributed by atoms with Gasteiger partial charge < -0.3 is 10.4 Å². The third-order valence-corrected chi connectivity index (χ3v) is 4.21. The Labute approximate surface area is 111 Å². The maximum atomic E-state index is 12.2. The normalized spacial score (nSPS) is 22.7. The second-order valence-corrected chi connectivity index (χ2v) is 6.22. The number of aliphatic hydroxyl groups is 1. The van der Waals surface area contributed by atoms with Gasteiger partial charge in [0.2, 0.25) is 5.91 Å². The molecule has 106 valence electrons. The van der Waals surface area contributed by atoms with Crippen molar-refractivity contribution in [3.05, 3.63) is 0 Å². The molecule has 0 heterocycles. The van der Waals surface area contributed by atoms with Gasteiger partial charge in [0.05, 0.1) is 0 Å². The van der Waals surface area contributed by atoms with Gasteiger partial charge in [-0.15, -0.1) is 0 Å². The summed E-state index contributed by atoms with van der Waals surface area (Å²) < 4.78 is 0. The lowest BCUT2D eigenvalue weighted by Gasteiger charge is -2.37. The summed E-state index contributed by atoms with van der Waals surface area (Å²) in [6, 6.07) is 0. The smallest absolute Gasteiger partial charge is 0.223 e. The number of unbranched alkanes of at least 4 members (excludes halogenated alkanes) is 3. The fourth-order valence-corrected chi connectivity index (χ4v) is 2.91. The van der Waals surface area contributed by atoms with Crippen LogP contribution >= 0.6 is 0 Å². The highest BCUT2D eigenvalue weighted by Crippen LogP contribution is 2.40. The third-order valence-electron chi connectivity index (χ3n) is 4.21. The summed E-state index contributed by atoms with van der Waals surface area (Å²) in [5.74, 6) is 0.450. The summed E-state index contributed by atoms with van der Waals surface area (Å²) in [5.41, 5.74) is 0.166. The largest absolute Gasteiger partial charge is 0.396 e. The molecule has 0 saturated heterocycles. The predicted molar refractivity (Wildman–Crippen MR) is 74.3 cm³/mol. The maximum Gasteiger partial charge on any atom is 0.223 e. The van der Waals surface area contributed by atoms with E-state index >= 15 is 0 Å². The van der Waals surface area contributed by atoms with E-state index in [9.17, 15) is 4.79 Å². The number of hydrogen-bond acceptors (Lipinski definition) is 2. The molecule has 18 heavy (non-hydrogen) atoms. The molecule has 1 unspecified atom stereocenters. The van der Waals surface area contributed by atoms with Crippen molar-refractivity contribution in [2.24, 2.45) is 11.3 Å². The molecule has 0 spiro atoms. The summed E-state index contributed by atoms with van der Waals surface area (Å²) in [4.78, 5) is 12.2. The van der Waals surface area contributed by atoms with Crippen LogP contribution in [0.15, 0.2) is 0 Å². The van der Waals surface area contributed by atoms with Crippen molar-refractivity contribution in [3.8, 4) is 0 Å². The van der Waals surface area contributed by atoms with Crippen LogP contribution in [-0.2, 0) is 4.79 Å². The van der Waals surface area contributed by atoms with Crippen molar-refractivity contribution in [2.75, 3.05) is 13.2 Å². The first-order valence-electron chi connectivity index (χ1n) is 7.46. The SMILES string of the molecule is CC1(C)CCCCC1C(=O)NCCCCCCO. The van der Waals surface area contributed by atoms with E-state index in [0.29, 0.717) is 0 Å². The number of amides is 1. The van der Waals surface area contributed by atoms with Crippen molar-refractivity contribution in [2.45, 2.75) is 65.2 Å². The molecule has 0 aliphatic heterocycles. The first-order valence-corrected chi connectivity index (χ1v) is 7.46. The lowest BCUT2D eigenvalue weighted by molar-refractivity contribution is -0.130.